The van der Waals surface area contributed by atoms with Crippen molar-refractivity contribution >= 4 is 35.4 Å². The molecule has 170 valence electrons. The van der Waals surface area contributed by atoms with E-state index in [9.17, 15) is 0 Å². The SMILES string of the molecule is CC(C)c1ccccc1-n1c(-c2ccc(Cl)cc2Cl)nn(C[NH+]2C[C@@H](C)O[C@@H](C)C2)c1=S. The highest BCUT2D eigenvalue weighted by molar-refractivity contribution is 7.71. The van der Waals surface area contributed by atoms with E-state index in [-0.39, 0.29) is 12.2 Å². The highest BCUT2D eigenvalue weighted by Crippen LogP contribution is 2.33. The Labute approximate surface area is 204 Å². The summed E-state index contributed by atoms with van der Waals surface area (Å²) in [4.78, 5) is 1.39. The quantitative estimate of drug-likeness (QED) is 0.501. The van der Waals surface area contributed by atoms with Gasteiger partial charge in [0.05, 0.1) is 10.7 Å². The number of quaternary nitrogens is 1. The molecule has 0 saturated carbocycles. The van der Waals surface area contributed by atoms with Crippen LogP contribution in [0, 0.1) is 4.77 Å². The van der Waals surface area contributed by atoms with Crippen LogP contribution in [0.4, 0.5) is 0 Å². The lowest BCUT2D eigenvalue weighted by Gasteiger charge is -2.32. The van der Waals surface area contributed by atoms with Gasteiger partial charge < -0.3 is 9.64 Å². The zero-order valence-corrected chi connectivity index (χ0v) is 21.1. The number of nitrogens with zero attached hydrogens (tertiary/aromatic N) is 3. The van der Waals surface area contributed by atoms with Crippen molar-refractivity contribution in [2.75, 3.05) is 13.1 Å². The molecular weight excluding hydrogens is 463 g/mol. The molecule has 0 radical (unpaired) electrons. The van der Waals surface area contributed by atoms with Gasteiger partial charge in [0.2, 0.25) is 4.77 Å². The summed E-state index contributed by atoms with van der Waals surface area (Å²) in [6.07, 6.45) is 0.411. The molecule has 1 aliphatic heterocycles. The molecule has 3 aromatic rings. The lowest BCUT2D eigenvalue weighted by Crippen LogP contribution is -3.14. The predicted octanol–water partition coefficient (Wildman–Crippen LogP) is 5.15. The summed E-state index contributed by atoms with van der Waals surface area (Å²) in [5.41, 5.74) is 3.03. The van der Waals surface area contributed by atoms with Crippen LogP contribution in [0.25, 0.3) is 17.1 Å². The van der Waals surface area contributed by atoms with Gasteiger partial charge in [-0.2, -0.15) is 4.68 Å². The van der Waals surface area contributed by atoms with E-state index in [1.807, 2.05) is 27.4 Å². The van der Waals surface area contributed by atoms with Gasteiger partial charge in [-0.3, -0.25) is 4.57 Å². The summed E-state index contributed by atoms with van der Waals surface area (Å²) in [6.45, 7) is 11.1. The van der Waals surface area contributed by atoms with Crippen molar-refractivity contribution in [2.45, 2.75) is 52.5 Å². The fourth-order valence-corrected chi connectivity index (χ4v) is 5.27. The molecule has 0 spiro atoms. The number of morpholine rings is 1. The third kappa shape index (κ3) is 4.80. The normalized spacial score (nSPS) is 21.3. The van der Waals surface area contributed by atoms with Gasteiger partial charge in [0.1, 0.15) is 25.3 Å². The second-order valence-corrected chi connectivity index (χ2v) is 10.1. The number of hydrogen-bond acceptors (Lipinski definition) is 3. The van der Waals surface area contributed by atoms with E-state index in [0.29, 0.717) is 27.4 Å². The Bertz CT molecular complexity index is 1160. The van der Waals surface area contributed by atoms with Gasteiger partial charge in [-0.25, -0.2) is 0 Å². The van der Waals surface area contributed by atoms with Crippen molar-refractivity contribution in [3.8, 4) is 17.1 Å². The van der Waals surface area contributed by atoms with Gasteiger partial charge in [0.15, 0.2) is 12.5 Å². The van der Waals surface area contributed by atoms with Crippen molar-refractivity contribution in [2.24, 2.45) is 0 Å². The van der Waals surface area contributed by atoms with Gasteiger partial charge in [-0.05, 0) is 61.8 Å². The Kier molecular flexibility index (Phi) is 7.08. The minimum Gasteiger partial charge on any atom is -0.364 e. The molecule has 1 aliphatic rings. The average molecular weight is 492 g/mol. The molecule has 1 N–H and O–H groups in total. The van der Waals surface area contributed by atoms with Crippen LogP contribution >= 0.6 is 35.4 Å². The number of benzene rings is 2. The first-order valence-corrected chi connectivity index (χ1v) is 12.1. The Morgan fingerprint density at radius 1 is 1.12 bits per heavy atom. The summed E-state index contributed by atoms with van der Waals surface area (Å²) < 4.78 is 10.5. The first-order valence-electron chi connectivity index (χ1n) is 11.0. The average Bonchev–Trinajstić information content (AvgIpc) is 3.02. The molecule has 3 atom stereocenters. The molecule has 8 heteroatoms. The summed E-state index contributed by atoms with van der Waals surface area (Å²) >= 11 is 18.8. The summed E-state index contributed by atoms with van der Waals surface area (Å²) in [5, 5.41) is 6.12. The van der Waals surface area contributed by atoms with Crippen molar-refractivity contribution < 1.29 is 9.64 Å². The fraction of sp³-hybridized carbons (Fsp3) is 0.417. The second-order valence-electron chi connectivity index (χ2n) is 8.85. The van der Waals surface area contributed by atoms with Crippen LogP contribution < -0.4 is 4.90 Å². The number of rotatable bonds is 5. The maximum Gasteiger partial charge on any atom is 0.207 e. The molecule has 0 amide bonds. The van der Waals surface area contributed by atoms with Crippen LogP contribution in [0.2, 0.25) is 10.0 Å². The van der Waals surface area contributed by atoms with E-state index in [1.54, 1.807) is 6.07 Å². The second kappa shape index (κ2) is 9.65. The molecule has 1 saturated heterocycles. The molecule has 4 rings (SSSR count). The molecule has 1 unspecified atom stereocenters. The number of ether oxygens (including phenoxy) is 1. The van der Waals surface area contributed by atoms with Gasteiger partial charge in [-0.1, -0.05) is 55.2 Å². The molecular formula is C24H29Cl2N4OS+. The van der Waals surface area contributed by atoms with Crippen LogP contribution in [0.1, 0.15) is 39.2 Å². The summed E-state index contributed by atoms with van der Waals surface area (Å²) in [6, 6.07) is 13.8. The van der Waals surface area contributed by atoms with E-state index in [0.717, 1.165) is 30.2 Å². The van der Waals surface area contributed by atoms with Crippen LogP contribution in [0.5, 0.6) is 0 Å². The van der Waals surface area contributed by atoms with E-state index in [2.05, 4.69) is 45.9 Å². The molecule has 0 bridgehead atoms. The first-order chi connectivity index (χ1) is 15.2. The van der Waals surface area contributed by atoms with Crippen LogP contribution in [0.15, 0.2) is 42.5 Å². The molecule has 2 heterocycles. The van der Waals surface area contributed by atoms with Gasteiger partial charge in [0.25, 0.3) is 0 Å². The smallest absolute Gasteiger partial charge is 0.207 e. The maximum atomic E-state index is 6.61. The van der Waals surface area contributed by atoms with E-state index >= 15 is 0 Å². The zero-order chi connectivity index (χ0) is 23.0. The number of hydrogen-bond donors (Lipinski definition) is 1. The van der Waals surface area contributed by atoms with Gasteiger partial charge >= 0.3 is 0 Å². The Hall–Kier alpha value is -1.70. The van der Waals surface area contributed by atoms with Crippen LogP contribution in [-0.4, -0.2) is 39.6 Å². The highest BCUT2D eigenvalue weighted by atomic mass is 35.5. The summed E-state index contributed by atoms with van der Waals surface area (Å²) in [7, 11) is 0. The number of para-hydroxylation sites is 1. The summed E-state index contributed by atoms with van der Waals surface area (Å²) in [5.74, 6) is 1.05. The maximum absolute atomic E-state index is 6.61. The van der Waals surface area contributed by atoms with Crippen molar-refractivity contribution in [3.63, 3.8) is 0 Å². The number of nitrogens with one attached hydrogen (secondary N) is 1. The van der Waals surface area contributed by atoms with E-state index in [1.165, 1.54) is 10.5 Å². The molecule has 1 fully saturated rings. The largest absolute Gasteiger partial charge is 0.364 e. The first kappa shape index (κ1) is 23.5. The molecule has 32 heavy (non-hydrogen) atoms. The standard InChI is InChI=1S/C24H28Cl2N4OS/c1-15(2)19-7-5-6-8-22(19)30-23(20-10-9-18(25)11-21(20)26)27-29(24(30)32)14-28-12-16(3)31-17(4)13-28/h5-11,15-17H,12-14H2,1-4H3/p+1/t16-,17+. The Balaban J connectivity index is 1.87. The van der Waals surface area contributed by atoms with Crippen LogP contribution in [0.3, 0.4) is 0 Å². The minimum absolute atomic E-state index is 0.205. The fourth-order valence-electron chi connectivity index (χ4n) is 4.48. The number of halogens is 2. The third-order valence-corrected chi connectivity index (χ3v) is 6.74. The van der Waals surface area contributed by atoms with E-state index in [4.69, 9.17) is 45.3 Å². The highest BCUT2D eigenvalue weighted by Gasteiger charge is 2.27. The van der Waals surface area contributed by atoms with Gasteiger partial charge in [-0.15, -0.1) is 5.10 Å². The number of aromatic nitrogens is 3. The predicted molar refractivity (Wildman–Crippen MR) is 133 cm³/mol. The van der Waals surface area contributed by atoms with Crippen molar-refractivity contribution in [1.29, 1.82) is 0 Å². The molecule has 5 nitrogen and oxygen atoms in total. The van der Waals surface area contributed by atoms with Gasteiger partial charge in [0, 0.05) is 10.6 Å². The van der Waals surface area contributed by atoms with Crippen molar-refractivity contribution in [3.05, 3.63) is 62.8 Å². The Morgan fingerprint density at radius 3 is 2.47 bits per heavy atom. The molecule has 1 aromatic heterocycles. The van der Waals surface area contributed by atoms with Crippen molar-refractivity contribution in [1.82, 2.24) is 14.3 Å². The monoisotopic (exact) mass is 491 g/mol. The topological polar surface area (TPSA) is 36.4 Å². The van der Waals surface area contributed by atoms with E-state index < -0.39 is 0 Å². The third-order valence-electron chi connectivity index (χ3n) is 5.80. The van der Waals surface area contributed by atoms with Crippen LogP contribution in [-0.2, 0) is 11.4 Å². The zero-order valence-electron chi connectivity index (χ0n) is 18.8. The Morgan fingerprint density at radius 2 is 1.81 bits per heavy atom. The minimum atomic E-state index is 0.205. The molecule has 2 aromatic carbocycles. The molecule has 0 aliphatic carbocycles. The lowest BCUT2D eigenvalue weighted by molar-refractivity contribution is -0.937. The lowest BCUT2D eigenvalue weighted by atomic mass is 10.0.